The van der Waals surface area contributed by atoms with Crippen LogP contribution in [0.1, 0.15) is 6.92 Å². The van der Waals surface area contributed by atoms with E-state index in [2.05, 4.69) is 9.84 Å². The quantitative estimate of drug-likeness (QED) is 0.639. The predicted octanol–water partition coefficient (Wildman–Crippen LogP) is 0.732. The summed E-state index contributed by atoms with van der Waals surface area (Å²) in [5.41, 5.74) is -0.177. The summed E-state index contributed by atoms with van der Waals surface area (Å²) in [5, 5.41) is 5.03. The lowest BCUT2D eigenvalue weighted by molar-refractivity contribution is -0.135. The molecule has 0 N–H and O–H groups in total. The summed E-state index contributed by atoms with van der Waals surface area (Å²) in [4.78, 5) is 11.2. The fourth-order valence-corrected chi connectivity index (χ4v) is 1.27. The first kappa shape index (κ1) is 10.9. The standard InChI is InChI=1S/C8H12F2N2O2/c1-3-14-8(13)6-5(7(9)10)4-12(2)11-6/h5,7H,3-4H2,1-2H3. The number of carbonyl (C=O) groups excluding carboxylic acids is 1. The van der Waals surface area contributed by atoms with Crippen molar-refractivity contribution >= 4 is 11.7 Å². The first-order chi connectivity index (χ1) is 6.56. The molecule has 4 nitrogen and oxygen atoms in total. The number of hydrazone groups is 1. The Bertz CT molecular complexity index is 256. The smallest absolute Gasteiger partial charge is 0.355 e. The van der Waals surface area contributed by atoms with Gasteiger partial charge in [-0.05, 0) is 6.92 Å². The van der Waals surface area contributed by atoms with Gasteiger partial charge in [0, 0.05) is 13.6 Å². The van der Waals surface area contributed by atoms with E-state index >= 15 is 0 Å². The Balaban J connectivity index is 2.73. The van der Waals surface area contributed by atoms with Gasteiger partial charge in [-0.25, -0.2) is 13.6 Å². The van der Waals surface area contributed by atoms with Gasteiger partial charge >= 0.3 is 5.97 Å². The number of nitrogens with zero attached hydrogens (tertiary/aromatic N) is 2. The van der Waals surface area contributed by atoms with Gasteiger partial charge in [-0.15, -0.1) is 0 Å². The summed E-state index contributed by atoms with van der Waals surface area (Å²) >= 11 is 0. The van der Waals surface area contributed by atoms with Crippen LogP contribution in [0.5, 0.6) is 0 Å². The maximum absolute atomic E-state index is 12.4. The number of hydrogen-bond acceptors (Lipinski definition) is 4. The number of hydrogen-bond donors (Lipinski definition) is 0. The number of carbonyl (C=O) groups is 1. The van der Waals surface area contributed by atoms with Crippen LogP contribution < -0.4 is 0 Å². The molecule has 80 valence electrons. The molecule has 1 aliphatic heterocycles. The molecule has 0 aromatic carbocycles. The van der Waals surface area contributed by atoms with E-state index in [-0.39, 0.29) is 18.9 Å². The second kappa shape index (κ2) is 4.34. The molecule has 1 rings (SSSR count). The minimum absolute atomic E-state index is 0.0613. The fraction of sp³-hybridized carbons (Fsp3) is 0.750. The summed E-state index contributed by atoms with van der Waals surface area (Å²) < 4.78 is 29.5. The second-order valence-electron chi connectivity index (χ2n) is 2.99. The van der Waals surface area contributed by atoms with E-state index < -0.39 is 18.3 Å². The maximum Gasteiger partial charge on any atom is 0.355 e. The lowest BCUT2D eigenvalue weighted by Crippen LogP contribution is -2.30. The van der Waals surface area contributed by atoms with Crippen molar-refractivity contribution in [2.24, 2.45) is 11.0 Å². The number of esters is 1. The average Bonchev–Trinajstić information content (AvgIpc) is 2.48. The molecule has 14 heavy (non-hydrogen) atoms. The molecular weight excluding hydrogens is 194 g/mol. The van der Waals surface area contributed by atoms with Crippen LogP contribution in [-0.2, 0) is 9.53 Å². The number of alkyl halides is 2. The normalized spacial score (nSPS) is 21.4. The Morgan fingerprint density at radius 3 is 2.93 bits per heavy atom. The van der Waals surface area contributed by atoms with E-state index in [4.69, 9.17) is 0 Å². The summed E-state index contributed by atoms with van der Waals surface area (Å²) in [6.45, 7) is 1.85. The van der Waals surface area contributed by atoms with Crippen LogP contribution in [-0.4, -0.2) is 43.3 Å². The number of ether oxygens (including phenoxy) is 1. The molecule has 0 aromatic rings. The Morgan fingerprint density at radius 1 is 1.79 bits per heavy atom. The first-order valence-electron chi connectivity index (χ1n) is 4.31. The van der Waals surface area contributed by atoms with E-state index in [1.807, 2.05) is 0 Å². The summed E-state index contributed by atoms with van der Waals surface area (Å²) in [6.07, 6.45) is -2.58. The van der Waals surface area contributed by atoms with E-state index in [0.29, 0.717) is 0 Å². The zero-order valence-electron chi connectivity index (χ0n) is 8.04. The summed E-state index contributed by atoms with van der Waals surface area (Å²) in [5.74, 6) is -1.87. The largest absolute Gasteiger partial charge is 0.461 e. The van der Waals surface area contributed by atoms with Crippen molar-refractivity contribution < 1.29 is 18.3 Å². The maximum atomic E-state index is 12.4. The van der Waals surface area contributed by atoms with Crippen LogP contribution in [0, 0.1) is 5.92 Å². The van der Waals surface area contributed by atoms with Crippen LogP contribution in [0.15, 0.2) is 5.10 Å². The first-order valence-corrected chi connectivity index (χ1v) is 4.31. The van der Waals surface area contributed by atoms with Crippen molar-refractivity contribution in [3.05, 3.63) is 0 Å². The van der Waals surface area contributed by atoms with Gasteiger partial charge in [0.2, 0.25) is 6.43 Å². The molecule has 0 amide bonds. The molecular formula is C8H12F2N2O2. The van der Waals surface area contributed by atoms with Gasteiger partial charge in [-0.1, -0.05) is 0 Å². The van der Waals surface area contributed by atoms with Crippen LogP contribution in [0.2, 0.25) is 0 Å². The zero-order valence-corrected chi connectivity index (χ0v) is 8.04. The average molecular weight is 206 g/mol. The highest BCUT2D eigenvalue weighted by Gasteiger charge is 2.37. The van der Waals surface area contributed by atoms with Gasteiger partial charge in [0.15, 0.2) is 5.71 Å². The minimum atomic E-state index is -2.58. The molecule has 6 heteroatoms. The van der Waals surface area contributed by atoms with Crippen molar-refractivity contribution in [3.63, 3.8) is 0 Å². The third-order valence-corrected chi connectivity index (χ3v) is 1.88. The Hall–Kier alpha value is -1.20. The Kier molecular flexibility index (Phi) is 3.38. The highest BCUT2D eigenvalue weighted by atomic mass is 19.3. The lowest BCUT2D eigenvalue weighted by Gasteiger charge is -2.10. The predicted molar refractivity (Wildman–Crippen MR) is 46.2 cm³/mol. The molecule has 0 fully saturated rings. The third-order valence-electron chi connectivity index (χ3n) is 1.88. The Morgan fingerprint density at radius 2 is 2.43 bits per heavy atom. The van der Waals surface area contributed by atoms with E-state index in [0.717, 1.165) is 0 Å². The zero-order chi connectivity index (χ0) is 10.7. The molecule has 0 aromatic heterocycles. The van der Waals surface area contributed by atoms with Crippen molar-refractivity contribution in [1.29, 1.82) is 0 Å². The molecule has 1 unspecified atom stereocenters. The van der Waals surface area contributed by atoms with Gasteiger partial charge < -0.3 is 4.74 Å². The van der Waals surface area contributed by atoms with Crippen LogP contribution in [0.4, 0.5) is 8.78 Å². The highest BCUT2D eigenvalue weighted by molar-refractivity contribution is 6.37. The molecule has 0 aliphatic carbocycles. The van der Waals surface area contributed by atoms with Crippen molar-refractivity contribution in [1.82, 2.24) is 5.01 Å². The van der Waals surface area contributed by atoms with Gasteiger partial charge in [-0.3, -0.25) is 5.01 Å². The number of halogens is 2. The van der Waals surface area contributed by atoms with Crippen molar-refractivity contribution in [2.45, 2.75) is 13.3 Å². The molecule has 0 saturated heterocycles. The minimum Gasteiger partial charge on any atom is -0.461 e. The molecule has 0 spiro atoms. The lowest BCUT2D eigenvalue weighted by atomic mass is 10.1. The van der Waals surface area contributed by atoms with Crippen LogP contribution in [0.3, 0.4) is 0 Å². The van der Waals surface area contributed by atoms with Crippen LogP contribution in [0.25, 0.3) is 0 Å². The highest BCUT2D eigenvalue weighted by Crippen LogP contribution is 2.20. The van der Waals surface area contributed by atoms with Crippen molar-refractivity contribution in [2.75, 3.05) is 20.2 Å². The van der Waals surface area contributed by atoms with Gasteiger partial charge in [0.25, 0.3) is 0 Å². The second-order valence-corrected chi connectivity index (χ2v) is 2.99. The molecule has 0 saturated carbocycles. The van der Waals surface area contributed by atoms with Crippen molar-refractivity contribution in [3.8, 4) is 0 Å². The summed E-state index contributed by atoms with van der Waals surface area (Å²) in [7, 11) is 1.54. The topological polar surface area (TPSA) is 41.9 Å². The molecule has 0 bridgehead atoms. The van der Waals surface area contributed by atoms with Gasteiger partial charge in [0.1, 0.15) is 0 Å². The summed E-state index contributed by atoms with van der Waals surface area (Å²) in [6, 6.07) is 0. The fourth-order valence-electron chi connectivity index (χ4n) is 1.27. The third kappa shape index (κ3) is 2.18. The van der Waals surface area contributed by atoms with Gasteiger partial charge in [-0.2, -0.15) is 5.10 Å². The SMILES string of the molecule is CCOC(=O)C1=NN(C)CC1C(F)F. The van der Waals surface area contributed by atoms with E-state index in [1.54, 1.807) is 14.0 Å². The monoisotopic (exact) mass is 206 g/mol. The molecule has 0 radical (unpaired) electrons. The van der Waals surface area contributed by atoms with Gasteiger partial charge in [0.05, 0.1) is 12.5 Å². The van der Waals surface area contributed by atoms with Crippen LogP contribution >= 0.6 is 0 Å². The van der Waals surface area contributed by atoms with E-state index in [1.165, 1.54) is 5.01 Å². The molecule has 1 aliphatic rings. The van der Waals surface area contributed by atoms with E-state index in [9.17, 15) is 13.6 Å². The molecule has 1 heterocycles. The Labute approximate surface area is 80.5 Å². The number of rotatable bonds is 3. The molecule has 1 atom stereocenters.